The van der Waals surface area contributed by atoms with E-state index < -0.39 is 5.91 Å². The first-order valence-corrected chi connectivity index (χ1v) is 6.41. The molecule has 2 heterocycles. The number of phenols is 2. The number of amides is 1. The van der Waals surface area contributed by atoms with Crippen molar-refractivity contribution in [1.82, 2.24) is 30.7 Å². The van der Waals surface area contributed by atoms with E-state index in [1.54, 1.807) is 0 Å². The molecule has 0 saturated carbocycles. The van der Waals surface area contributed by atoms with Crippen LogP contribution in [0.15, 0.2) is 34.1 Å². The van der Waals surface area contributed by atoms with Gasteiger partial charge in [0.05, 0.1) is 12.4 Å². The fourth-order valence-corrected chi connectivity index (χ4v) is 1.69. The van der Waals surface area contributed by atoms with E-state index in [0.717, 1.165) is 10.9 Å². The normalized spacial score (nSPS) is 11.0. The summed E-state index contributed by atoms with van der Waals surface area (Å²) < 4.78 is 5.54. The van der Waals surface area contributed by atoms with Crippen LogP contribution in [-0.2, 0) is 0 Å². The lowest BCUT2D eigenvalue weighted by Gasteiger charge is -2.00. The summed E-state index contributed by atoms with van der Waals surface area (Å²) in [6.45, 7) is 0. The zero-order valence-corrected chi connectivity index (χ0v) is 11.9. The first-order valence-electron chi connectivity index (χ1n) is 6.41. The number of hydrazone groups is 1. The molecule has 0 aliphatic carbocycles. The molecule has 5 N–H and O–H groups in total. The molecule has 0 unspecified atom stereocenters. The van der Waals surface area contributed by atoms with E-state index >= 15 is 0 Å². The average Bonchev–Trinajstić information content (AvgIpc) is 3.20. The zero-order chi connectivity index (χ0) is 17.1. The van der Waals surface area contributed by atoms with Gasteiger partial charge in [-0.3, -0.25) is 4.79 Å². The molecule has 3 rings (SSSR count). The number of hydrogen-bond acceptors (Lipinski definition) is 10. The van der Waals surface area contributed by atoms with E-state index in [4.69, 9.17) is 5.73 Å². The van der Waals surface area contributed by atoms with Crippen molar-refractivity contribution in [3.63, 3.8) is 0 Å². The molecule has 3 aromatic rings. The maximum absolute atomic E-state index is 11.9. The minimum absolute atomic E-state index is 0.00996. The van der Waals surface area contributed by atoms with Crippen LogP contribution in [0.2, 0.25) is 0 Å². The monoisotopic (exact) mass is 330 g/mol. The van der Waals surface area contributed by atoms with Gasteiger partial charge in [-0.1, -0.05) is 11.3 Å². The molecule has 1 aromatic carbocycles. The molecule has 2 aromatic heterocycles. The van der Waals surface area contributed by atoms with Crippen molar-refractivity contribution in [3.05, 3.63) is 35.7 Å². The maximum atomic E-state index is 11.9. The van der Waals surface area contributed by atoms with Gasteiger partial charge in [0, 0.05) is 5.56 Å². The highest BCUT2D eigenvalue weighted by molar-refractivity contribution is 5.93. The van der Waals surface area contributed by atoms with Crippen LogP contribution in [0.3, 0.4) is 0 Å². The minimum atomic E-state index is -0.660. The van der Waals surface area contributed by atoms with Crippen molar-refractivity contribution >= 4 is 17.9 Å². The van der Waals surface area contributed by atoms with Crippen molar-refractivity contribution in [2.24, 2.45) is 5.10 Å². The number of para-hydroxylation sites is 1. The van der Waals surface area contributed by atoms with Crippen LogP contribution in [0.5, 0.6) is 11.5 Å². The Morgan fingerprint density at radius 3 is 2.96 bits per heavy atom. The second-order valence-corrected chi connectivity index (χ2v) is 4.44. The third kappa shape index (κ3) is 2.83. The molecule has 0 radical (unpaired) electrons. The fourth-order valence-electron chi connectivity index (χ4n) is 1.69. The molecular formula is C12H10N8O4. The lowest BCUT2D eigenvalue weighted by atomic mass is 10.2. The quantitative estimate of drug-likeness (QED) is 0.276. The van der Waals surface area contributed by atoms with E-state index in [1.807, 2.05) is 0 Å². The maximum Gasteiger partial charge on any atom is 0.293 e. The van der Waals surface area contributed by atoms with Crippen LogP contribution in [0, 0.1) is 0 Å². The highest BCUT2D eigenvalue weighted by Gasteiger charge is 2.15. The number of nitrogens with two attached hydrogens (primary N) is 1. The van der Waals surface area contributed by atoms with Crippen LogP contribution >= 0.6 is 0 Å². The largest absolute Gasteiger partial charge is 0.504 e. The van der Waals surface area contributed by atoms with Crippen molar-refractivity contribution in [2.45, 2.75) is 0 Å². The lowest BCUT2D eigenvalue weighted by molar-refractivity contribution is 0.0950. The van der Waals surface area contributed by atoms with Crippen LogP contribution in [0.1, 0.15) is 16.1 Å². The molecular weight excluding hydrogens is 320 g/mol. The number of rotatable bonds is 4. The molecule has 0 bridgehead atoms. The van der Waals surface area contributed by atoms with Gasteiger partial charge >= 0.3 is 0 Å². The van der Waals surface area contributed by atoms with E-state index in [1.165, 1.54) is 24.4 Å². The molecule has 1 amide bonds. The van der Waals surface area contributed by atoms with Gasteiger partial charge in [0.25, 0.3) is 5.91 Å². The highest BCUT2D eigenvalue weighted by atomic mass is 16.6. The summed E-state index contributed by atoms with van der Waals surface area (Å²) in [4.78, 5) is 11.9. The van der Waals surface area contributed by atoms with Crippen LogP contribution in [-0.4, -0.2) is 47.6 Å². The average molecular weight is 330 g/mol. The third-order valence-corrected chi connectivity index (χ3v) is 2.85. The van der Waals surface area contributed by atoms with Crippen molar-refractivity contribution in [1.29, 1.82) is 0 Å². The summed E-state index contributed by atoms with van der Waals surface area (Å²) in [5.74, 6) is -1.23. The molecule has 0 fully saturated rings. The molecule has 122 valence electrons. The van der Waals surface area contributed by atoms with Gasteiger partial charge in [0.1, 0.15) is 0 Å². The van der Waals surface area contributed by atoms with Gasteiger partial charge in [-0.15, -0.1) is 5.10 Å². The van der Waals surface area contributed by atoms with Crippen molar-refractivity contribution in [2.75, 3.05) is 5.73 Å². The molecule has 12 nitrogen and oxygen atoms in total. The number of phenolic OH excluding ortho intramolecular Hbond substituents is 2. The number of nitrogens with one attached hydrogen (secondary N) is 1. The van der Waals surface area contributed by atoms with Crippen molar-refractivity contribution in [3.8, 4) is 17.3 Å². The Labute approximate surface area is 133 Å². The summed E-state index contributed by atoms with van der Waals surface area (Å²) in [6, 6.07) is 4.33. The predicted molar refractivity (Wildman–Crippen MR) is 78.5 cm³/mol. The SMILES string of the molecule is Nc1nonc1-n1cc(C(=O)N/N=C/c2cccc(O)c2O)nn1. The van der Waals surface area contributed by atoms with Gasteiger partial charge in [-0.05, 0) is 22.4 Å². The number of aromatic nitrogens is 5. The Bertz CT molecular complexity index is 915. The summed E-state index contributed by atoms with van der Waals surface area (Å²) in [6.07, 6.45) is 2.42. The van der Waals surface area contributed by atoms with E-state index in [-0.39, 0.29) is 34.4 Å². The van der Waals surface area contributed by atoms with Gasteiger partial charge in [-0.2, -0.15) is 9.78 Å². The number of anilines is 1. The molecule has 0 saturated heterocycles. The topological polar surface area (TPSA) is 178 Å². The molecule has 0 atom stereocenters. The smallest absolute Gasteiger partial charge is 0.293 e. The highest BCUT2D eigenvalue weighted by Crippen LogP contribution is 2.26. The Hall–Kier alpha value is -3.96. The minimum Gasteiger partial charge on any atom is -0.504 e. The van der Waals surface area contributed by atoms with Gasteiger partial charge in [0.2, 0.25) is 11.6 Å². The third-order valence-electron chi connectivity index (χ3n) is 2.85. The Morgan fingerprint density at radius 1 is 1.38 bits per heavy atom. The Morgan fingerprint density at radius 2 is 2.21 bits per heavy atom. The van der Waals surface area contributed by atoms with Gasteiger partial charge in [-0.25, -0.2) is 10.1 Å². The second kappa shape index (κ2) is 6.04. The predicted octanol–water partition coefficient (Wildman–Crippen LogP) is -0.592. The number of carbonyl (C=O) groups is 1. The van der Waals surface area contributed by atoms with Gasteiger partial charge in [0.15, 0.2) is 17.2 Å². The Kier molecular flexibility index (Phi) is 3.76. The summed E-state index contributed by atoms with van der Waals surface area (Å²) in [5.41, 5.74) is 7.87. The molecule has 12 heteroatoms. The second-order valence-electron chi connectivity index (χ2n) is 4.44. The number of carbonyl (C=O) groups excluding carboxylic acids is 1. The summed E-state index contributed by atoms with van der Waals surface area (Å²) >= 11 is 0. The van der Waals surface area contributed by atoms with Gasteiger partial charge < -0.3 is 15.9 Å². The Balaban J connectivity index is 1.70. The number of nitrogen functional groups attached to an aromatic ring is 1. The first kappa shape index (κ1) is 15.0. The van der Waals surface area contributed by atoms with E-state index in [2.05, 4.69) is 35.8 Å². The number of hydrogen-bond donors (Lipinski definition) is 4. The van der Waals surface area contributed by atoms with Crippen LogP contribution < -0.4 is 11.2 Å². The number of benzene rings is 1. The van der Waals surface area contributed by atoms with Crippen LogP contribution in [0.25, 0.3) is 5.82 Å². The molecule has 0 spiro atoms. The zero-order valence-electron chi connectivity index (χ0n) is 11.9. The van der Waals surface area contributed by atoms with E-state index in [9.17, 15) is 15.0 Å². The summed E-state index contributed by atoms with van der Waals surface area (Å²) in [7, 11) is 0. The summed E-state index contributed by atoms with van der Waals surface area (Å²) in [5, 5.41) is 36.8. The van der Waals surface area contributed by atoms with E-state index in [0.29, 0.717) is 0 Å². The van der Waals surface area contributed by atoms with Crippen molar-refractivity contribution < 1.29 is 19.6 Å². The number of aromatic hydroxyl groups is 2. The number of nitrogens with zero attached hydrogens (tertiary/aromatic N) is 6. The standard InChI is InChI=1S/C12H10N8O4/c13-10-11(18-24-17-10)20-5-7(15-19-20)12(23)16-14-4-6-2-1-3-8(21)9(6)22/h1-5,21-22H,(H2,13,17)(H,16,23)/b14-4+. The van der Waals surface area contributed by atoms with Crippen LogP contribution in [0.4, 0.5) is 5.82 Å². The molecule has 24 heavy (non-hydrogen) atoms. The lowest BCUT2D eigenvalue weighted by Crippen LogP contribution is -2.18. The molecule has 0 aliphatic rings. The fraction of sp³-hybridized carbons (Fsp3) is 0. The molecule has 0 aliphatic heterocycles. The first-order chi connectivity index (χ1) is 11.6.